The van der Waals surface area contributed by atoms with Gasteiger partial charge in [0.25, 0.3) is 5.91 Å². The van der Waals surface area contributed by atoms with Crippen LogP contribution in [0.2, 0.25) is 10.0 Å². The highest BCUT2D eigenvalue weighted by molar-refractivity contribution is 7.89. The Kier molecular flexibility index (Phi) is 5.84. The maximum Gasteiger partial charge on any atom is 0.271 e. The first kappa shape index (κ1) is 20.9. The summed E-state index contributed by atoms with van der Waals surface area (Å²) in [7, 11) is -3.80. The summed E-state index contributed by atoms with van der Waals surface area (Å²) in [5.41, 5.74) is 1.95. The summed E-state index contributed by atoms with van der Waals surface area (Å²) in [4.78, 5) is 14.4. The standard InChI is InChI=1S/C20H18Cl2N4O3S/c21-15-7-4-8-18(19(15)22)30(28,29)26-11-9-25(10-12-26)20(27)17-13-16(23-24-17)14-5-2-1-3-6-14/h1-8,13H,9-12H2,(H,23,24). The maximum atomic E-state index is 12.9. The topological polar surface area (TPSA) is 86.4 Å². The lowest BCUT2D eigenvalue weighted by atomic mass is 10.1. The Morgan fingerprint density at radius 2 is 1.67 bits per heavy atom. The van der Waals surface area contributed by atoms with Crippen molar-refractivity contribution in [2.24, 2.45) is 0 Å². The Balaban J connectivity index is 1.45. The minimum Gasteiger partial charge on any atom is -0.335 e. The summed E-state index contributed by atoms with van der Waals surface area (Å²) in [6.45, 7) is 0.846. The van der Waals surface area contributed by atoms with Crippen LogP contribution in [0, 0.1) is 0 Å². The molecule has 0 bridgehead atoms. The van der Waals surface area contributed by atoms with E-state index in [0.29, 0.717) is 11.4 Å². The largest absolute Gasteiger partial charge is 0.335 e. The van der Waals surface area contributed by atoms with Crippen LogP contribution in [0.5, 0.6) is 0 Å². The van der Waals surface area contributed by atoms with Crippen LogP contribution in [0.4, 0.5) is 0 Å². The van der Waals surface area contributed by atoms with Crippen LogP contribution in [0.15, 0.2) is 59.5 Å². The van der Waals surface area contributed by atoms with Crippen LogP contribution in [-0.2, 0) is 10.0 Å². The molecule has 2 heterocycles. The normalized spacial score (nSPS) is 15.3. The molecule has 3 aromatic rings. The second-order valence-corrected chi connectivity index (χ2v) is 9.47. The maximum absolute atomic E-state index is 12.9. The summed E-state index contributed by atoms with van der Waals surface area (Å²) in [5, 5.41) is 7.17. The van der Waals surface area contributed by atoms with Gasteiger partial charge in [-0.1, -0.05) is 59.6 Å². The van der Waals surface area contributed by atoms with Crippen molar-refractivity contribution in [3.05, 3.63) is 70.3 Å². The molecule has 0 saturated carbocycles. The molecule has 1 amide bonds. The van der Waals surface area contributed by atoms with Gasteiger partial charge in [0.15, 0.2) is 0 Å². The molecule has 0 atom stereocenters. The lowest BCUT2D eigenvalue weighted by molar-refractivity contribution is 0.0692. The molecule has 1 aliphatic rings. The van der Waals surface area contributed by atoms with Gasteiger partial charge >= 0.3 is 0 Å². The van der Waals surface area contributed by atoms with Crippen LogP contribution in [-0.4, -0.2) is 59.9 Å². The average molecular weight is 465 g/mol. The summed E-state index contributed by atoms with van der Waals surface area (Å²) < 4.78 is 27.2. The molecular formula is C20H18Cl2N4O3S. The smallest absolute Gasteiger partial charge is 0.271 e. The van der Waals surface area contributed by atoms with Crippen molar-refractivity contribution in [3.63, 3.8) is 0 Å². The minimum absolute atomic E-state index is 0.00331. The Morgan fingerprint density at radius 1 is 0.967 bits per heavy atom. The predicted octanol–water partition coefficient (Wildman–Crippen LogP) is 3.53. The van der Waals surface area contributed by atoms with Gasteiger partial charge in [-0.3, -0.25) is 9.89 Å². The summed E-state index contributed by atoms with van der Waals surface area (Å²) >= 11 is 12.1. The highest BCUT2D eigenvalue weighted by Gasteiger charge is 2.32. The molecule has 0 radical (unpaired) electrons. The first-order valence-corrected chi connectivity index (χ1v) is 11.4. The van der Waals surface area contributed by atoms with Crippen molar-refractivity contribution in [1.82, 2.24) is 19.4 Å². The van der Waals surface area contributed by atoms with Gasteiger partial charge in [-0.2, -0.15) is 9.40 Å². The molecule has 1 fully saturated rings. The molecular weight excluding hydrogens is 447 g/mol. The molecule has 1 saturated heterocycles. The number of aromatic amines is 1. The van der Waals surface area contributed by atoms with Crippen molar-refractivity contribution >= 4 is 39.1 Å². The quantitative estimate of drug-likeness (QED) is 0.639. The molecule has 1 N–H and O–H groups in total. The third kappa shape index (κ3) is 3.96. The number of halogens is 2. The van der Waals surface area contributed by atoms with E-state index in [1.807, 2.05) is 30.3 Å². The van der Waals surface area contributed by atoms with Crippen LogP contribution in [0.25, 0.3) is 11.3 Å². The second-order valence-electron chi connectivity index (χ2n) is 6.78. The highest BCUT2D eigenvalue weighted by atomic mass is 35.5. The predicted molar refractivity (Wildman–Crippen MR) is 115 cm³/mol. The summed E-state index contributed by atoms with van der Waals surface area (Å²) in [6.07, 6.45) is 0. The number of piperazine rings is 1. The molecule has 1 aromatic heterocycles. The van der Waals surface area contributed by atoms with Crippen LogP contribution < -0.4 is 0 Å². The summed E-state index contributed by atoms with van der Waals surface area (Å²) in [6, 6.07) is 15.7. The number of amides is 1. The van der Waals surface area contributed by atoms with Crippen molar-refractivity contribution in [2.45, 2.75) is 4.90 Å². The van der Waals surface area contributed by atoms with E-state index >= 15 is 0 Å². The molecule has 0 aliphatic carbocycles. The lowest BCUT2D eigenvalue weighted by Gasteiger charge is -2.33. The Morgan fingerprint density at radius 3 is 2.37 bits per heavy atom. The molecule has 0 spiro atoms. The fraction of sp³-hybridized carbons (Fsp3) is 0.200. The van der Waals surface area contributed by atoms with Crippen molar-refractivity contribution in [3.8, 4) is 11.3 Å². The monoisotopic (exact) mass is 464 g/mol. The molecule has 7 nitrogen and oxygen atoms in total. The number of aromatic nitrogens is 2. The Bertz CT molecular complexity index is 1170. The van der Waals surface area contributed by atoms with Gasteiger partial charge < -0.3 is 4.90 Å². The van der Waals surface area contributed by atoms with Crippen molar-refractivity contribution in [1.29, 1.82) is 0 Å². The molecule has 156 valence electrons. The Hall–Kier alpha value is -2.39. The van der Waals surface area contributed by atoms with E-state index in [4.69, 9.17) is 23.2 Å². The highest BCUT2D eigenvalue weighted by Crippen LogP contribution is 2.31. The number of carbonyl (C=O) groups is 1. The molecule has 2 aromatic carbocycles. The summed E-state index contributed by atoms with van der Waals surface area (Å²) in [5.74, 6) is -0.220. The lowest BCUT2D eigenvalue weighted by Crippen LogP contribution is -2.50. The fourth-order valence-electron chi connectivity index (χ4n) is 3.31. The van der Waals surface area contributed by atoms with Gasteiger partial charge in [0.05, 0.1) is 15.7 Å². The second kappa shape index (κ2) is 8.39. The molecule has 30 heavy (non-hydrogen) atoms. The van der Waals surface area contributed by atoms with Gasteiger partial charge in [0.2, 0.25) is 10.0 Å². The number of H-pyrrole nitrogens is 1. The van der Waals surface area contributed by atoms with E-state index in [1.54, 1.807) is 17.0 Å². The van der Waals surface area contributed by atoms with Gasteiger partial charge in [0, 0.05) is 31.7 Å². The Labute approximate surface area is 184 Å². The number of carbonyl (C=O) groups excluding carboxylic acids is 1. The van der Waals surface area contributed by atoms with E-state index in [-0.39, 0.29) is 47.0 Å². The van der Waals surface area contributed by atoms with Crippen molar-refractivity contribution < 1.29 is 13.2 Å². The van der Waals surface area contributed by atoms with Gasteiger partial charge in [-0.25, -0.2) is 8.42 Å². The van der Waals surface area contributed by atoms with E-state index < -0.39 is 10.0 Å². The zero-order chi connectivity index (χ0) is 21.3. The molecule has 0 unspecified atom stereocenters. The van der Waals surface area contributed by atoms with E-state index in [9.17, 15) is 13.2 Å². The van der Waals surface area contributed by atoms with Gasteiger partial charge in [-0.15, -0.1) is 0 Å². The number of nitrogens with one attached hydrogen (secondary N) is 1. The van der Waals surface area contributed by atoms with Crippen molar-refractivity contribution in [2.75, 3.05) is 26.2 Å². The first-order valence-electron chi connectivity index (χ1n) is 9.22. The molecule has 10 heteroatoms. The van der Waals surface area contributed by atoms with Crippen LogP contribution in [0.3, 0.4) is 0 Å². The van der Waals surface area contributed by atoms with Crippen LogP contribution in [0.1, 0.15) is 10.5 Å². The number of sulfonamides is 1. The van der Waals surface area contributed by atoms with E-state index in [1.165, 1.54) is 16.4 Å². The first-order chi connectivity index (χ1) is 14.4. The number of benzene rings is 2. The third-order valence-corrected chi connectivity index (χ3v) is 7.81. The van der Waals surface area contributed by atoms with Gasteiger partial charge in [-0.05, 0) is 18.2 Å². The average Bonchev–Trinajstić information content (AvgIpc) is 3.26. The zero-order valence-electron chi connectivity index (χ0n) is 15.8. The number of nitrogens with zero attached hydrogens (tertiary/aromatic N) is 3. The zero-order valence-corrected chi connectivity index (χ0v) is 18.1. The van der Waals surface area contributed by atoms with Gasteiger partial charge in [0.1, 0.15) is 10.6 Å². The molecule has 4 rings (SSSR count). The van der Waals surface area contributed by atoms with E-state index in [2.05, 4.69) is 10.2 Å². The number of rotatable bonds is 4. The van der Waals surface area contributed by atoms with E-state index in [0.717, 1.165) is 5.56 Å². The fourth-order valence-corrected chi connectivity index (χ4v) is 5.47. The molecule has 1 aliphatic heterocycles. The SMILES string of the molecule is O=C(c1cc(-c2ccccc2)n[nH]1)N1CCN(S(=O)(=O)c2cccc(Cl)c2Cl)CC1. The third-order valence-electron chi connectivity index (χ3n) is 4.94. The number of hydrogen-bond donors (Lipinski definition) is 1. The minimum atomic E-state index is -3.80. The number of hydrogen-bond acceptors (Lipinski definition) is 4. The van der Waals surface area contributed by atoms with Crippen LogP contribution >= 0.6 is 23.2 Å².